The molecule has 0 aromatic heterocycles. The van der Waals surface area contributed by atoms with E-state index in [1.54, 1.807) is 0 Å². The highest BCUT2D eigenvalue weighted by Crippen LogP contribution is 2.44. The first-order chi connectivity index (χ1) is 16.8. The minimum atomic E-state index is 0.0384. The molecule has 160 valence electrons. The molecule has 1 heteroatoms. The second kappa shape index (κ2) is 8.46. The maximum atomic E-state index is 13.6. The standard InChI is InChI=1S/C33H22O/c34-33(24-15-5-2-6-16-24)30-22-12-11-21-29(30)32-27-19-9-7-17-25(27)31(23-13-3-1-4-14-23)26-18-8-10-20-28(26)32/h1-22H. The minimum Gasteiger partial charge on any atom is -0.289 e. The van der Waals surface area contributed by atoms with Crippen LogP contribution >= 0.6 is 0 Å². The summed E-state index contributed by atoms with van der Waals surface area (Å²) in [5.74, 6) is 0.0384. The first-order valence-electron chi connectivity index (χ1n) is 11.5. The quantitative estimate of drug-likeness (QED) is 0.201. The molecule has 0 radical (unpaired) electrons. The predicted octanol–water partition coefficient (Wildman–Crippen LogP) is 8.56. The average molecular weight is 435 g/mol. The van der Waals surface area contributed by atoms with Gasteiger partial charge in [0.1, 0.15) is 0 Å². The Morgan fingerprint density at radius 2 is 0.853 bits per heavy atom. The van der Waals surface area contributed by atoms with E-state index in [1.165, 1.54) is 21.9 Å². The van der Waals surface area contributed by atoms with Crippen molar-refractivity contribution in [3.63, 3.8) is 0 Å². The van der Waals surface area contributed by atoms with Gasteiger partial charge in [0.05, 0.1) is 0 Å². The molecule has 6 aromatic carbocycles. The van der Waals surface area contributed by atoms with Gasteiger partial charge < -0.3 is 0 Å². The zero-order valence-corrected chi connectivity index (χ0v) is 18.6. The van der Waals surface area contributed by atoms with Crippen LogP contribution in [0.2, 0.25) is 0 Å². The van der Waals surface area contributed by atoms with Crippen molar-refractivity contribution in [3.8, 4) is 22.3 Å². The molecular formula is C33H22O. The molecule has 0 aliphatic heterocycles. The Morgan fingerprint density at radius 1 is 0.412 bits per heavy atom. The summed E-state index contributed by atoms with van der Waals surface area (Å²) < 4.78 is 0. The van der Waals surface area contributed by atoms with E-state index in [1.807, 2.05) is 54.6 Å². The van der Waals surface area contributed by atoms with Crippen LogP contribution in [0.15, 0.2) is 133 Å². The van der Waals surface area contributed by atoms with Crippen LogP contribution in [0.1, 0.15) is 15.9 Å². The van der Waals surface area contributed by atoms with Gasteiger partial charge in [-0.25, -0.2) is 0 Å². The summed E-state index contributed by atoms with van der Waals surface area (Å²) in [5.41, 5.74) is 5.90. The Morgan fingerprint density at radius 3 is 1.44 bits per heavy atom. The molecule has 0 bridgehead atoms. The highest BCUT2D eigenvalue weighted by atomic mass is 16.1. The fourth-order valence-electron chi connectivity index (χ4n) is 4.98. The maximum Gasteiger partial charge on any atom is 0.193 e. The van der Waals surface area contributed by atoms with E-state index in [-0.39, 0.29) is 5.78 Å². The summed E-state index contributed by atoms with van der Waals surface area (Å²) in [7, 11) is 0. The third kappa shape index (κ3) is 3.30. The van der Waals surface area contributed by atoms with E-state index in [0.717, 1.165) is 27.5 Å². The lowest BCUT2D eigenvalue weighted by Crippen LogP contribution is -2.04. The zero-order chi connectivity index (χ0) is 22.9. The fourth-order valence-corrected chi connectivity index (χ4v) is 4.98. The van der Waals surface area contributed by atoms with Crippen molar-refractivity contribution in [1.82, 2.24) is 0 Å². The van der Waals surface area contributed by atoms with Crippen LogP contribution in [-0.4, -0.2) is 5.78 Å². The van der Waals surface area contributed by atoms with Gasteiger partial charge in [-0.05, 0) is 43.8 Å². The van der Waals surface area contributed by atoms with Crippen LogP contribution in [0.3, 0.4) is 0 Å². The lowest BCUT2D eigenvalue weighted by molar-refractivity contribution is 0.103. The summed E-state index contributed by atoms with van der Waals surface area (Å²) in [6, 6.07) is 45.1. The number of fused-ring (bicyclic) bond motifs is 2. The smallest absolute Gasteiger partial charge is 0.193 e. The highest BCUT2D eigenvalue weighted by molar-refractivity contribution is 6.24. The van der Waals surface area contributed by atoms with Gasteiger partial charge in [-0.3, -0.25) is 4.79 Å². The van der Waals surface area contributed by atoms with Gasteiger partial charge in [-0.15, -0.1) is 0 Å². The lowest BCUT2D eigenvalue weighted by Gasteiger charge is -2.19. The largest absolute Gasteiger partial charge is 0.289 e. The Labute approximate surface area is 198 Å². The average Bonchev–Trinajstić information content (AvgIpc) is 2.92. The van der Waals surface area contributed by atoms with Gasteiger partial charge in [-0.1, -0.05) is 133 Å². The monoisotopic (exact) mass is 434 g/mol. The van der Waals surface area contributed by atoms with Crippen molar-refractivity contribution in [1.29, 1.82) is 0 Å². The number of carbonyl (C=O) groups is 1. The van der Waals surface area contributed by atoms with Gasteiger partial charge in [0.25, 0.3) is 0 Å². The van der Waals surface area contributed by atoms with E-state index in [4.69, 9.17) is 0 Å². The number of hydrogen-bond acceptors (Lipinski definition) is 1. The summed E-state index contributed by atoms with van der Waals surface area (Å²) >= 11 is 0. The van der Waals surface area contributed by atoms with Crippen LogP contribution in [0.4, 0.5) is 0 Å². The van der Waals surface area contributed by atoms with Crippen molar-refractivity contribution in [2.45, 2.75) is 0 Å². The number of hydrogen-bond donors (Lipinski definition) is 0. The Balaban J connectivity index is 1.73. The predicted molar refractivity (Wildman–Crippen MR) is 142 cm³/mol. The molecule has 34 heavy (non-hydrogen) atoms. The van der Waals surface area contributed by atoms with Crippen LogP contribution in [0, 0.1) is 0 Å². The topological polar surface area (TPSA) is 17.1 Å². The van der Waals surface area contributed by atoms with Crippen LogP contribution in [-0.2, 0) is 0 Å². The summed E-state index contributed by atoms with van der Waals surface area (Å²) in [6.07, 6.45) is 0. The van der Waals surface area contributed by atoms with Gasteiger partial charge in [0.15, 0.2) is 5.78 Å². The number of carbonyl (C=O) groups excluding carboxylic acids is 1. The third-order valence-electron chi connectivity index (χ3n) is 6.47. The molecule has 0 aliphatic rings. The Kier molecular flexibility index (Phi) is 5.01. The molecule has 0 unspecified atom stereocenters. The summed E-state index contributed by atoms with van der Waals surface area (Å²) in [5, 5.41) is 4.66. The molecule has 0 aliphatic carbocycles. The SMILES string of the molecule is O=C(c1ccccc1)c1ccccc1-c1c2ccccc2c(-c2ccccc2)c2ccccc12. The van der Waals surface area contributed by atoms with Crippen molar-refractivity contribution < 1.29 is 4.79 Å². The number of ketones is 1. The summed E-state index contributed by atoms with van der Waals surface area (Å²) in [6.45, 7) is 0. The van der Waals surface area contributed by atoms with Crippen molar-refractivity contribution >= 4 is 27.3 Å². The molecule has 0 fully saturated rings. The van der Waals surface area contributed by atoms with Crippen LogP contribution < -0.4 is 0 Å². The van der Waals surface area contributed by atoms with E-state index < -0.39 is 0 Å². The highest BCUT2D eigenvalue weighted by Gasteiger charge is 2.20. The van der Waals surface area contributed by atoms with E-state index in [9.17, 15) is 4.79 Å². The second-order valence-corrected chi connectivity index (χ2v) is 8.45. The normalized spacial score (nSPS) is 11.1. The Hall–Kier alpha value is -4.49. The maximum absolute atomic E-state index is 13.6. The second-order valence-electron chi connectivity index (χ2n) is 8.45. The molecule has 0 spiro atoms. The van der Waals surface area contributed by atoms with Crippen molar-refractivity contribution in [2.24, 2.45) is 0 Å². The van der Waals surface area contributed by atoms with Gasteiger partial charge in [-0.2, -0.15) is 0 Å². The first kappa shape index (κ1) is 20.1. The molecular weight excluding hydrogens is 412 g/mol. The molecule has 0 atom stereocenters. The number of rotatable bonds is 4. The van der Waals surface area contributed by atoms with Gasteiger partial charge in [0, 0.05) is 11.1 Å². The first-order valence-corrected chi connectivity index (χ1v) is 11.5. The van der Waals surface area contributed by atoms with E-state index >= 15 is 0 Å². The number of benzene rings is 6. The van der Waals surface area contributed by atoms with E-state index in [0.29, 0.717) is 5.56 Å². The van der Waals surface area contributed by atoms with Crippen LogP contribution in [0.5, 0.6) is 0 Å². The molecule has 6 aromatic rings. The molecule has 0 N–H and O–H groups in total. The van der Waals surface area contributed by atoms with Crippen molar-refractivity contribution in [3.05, 3.63) is 145 Å². The summed E-state index contributed by atoms with van der Waals surface area (Å²) in [4.78, 5) is 13.6. The lowest BCUT2D eigenvalue weighted by atomic mass is 9.84. The fraction of sp³-hybridized carbons (Fsp3) is 0. The molecule has 0 amide bonds. The zero-order valence-electron chi connectivity index (χ0n) is 18.6. The third-order valence-corrected chi connectivity index (χ3v) is 6.47. The minimum absolute atomic E-state index is 0.0384. The van der Waals surface area contributed by atoms with Crippen LogP contribution in [0.25, 0.3) is 43.8 Å². The van der Waals surface area contributed by atoms with Crippen molar-refractivity contribution in [2.75, 3.05) is 0 Å². The molecule has 6 rings (SSSR count). The molecule has 1 nitrogen and oxygen atoms in total. The Bertz CT molecular complexity index is 1590. The molecule has 0 heterocycles. The molecule has 0 saturated heterocycles. The van der Waals surface area contributed by atoms with E-state index in [2.05, 4.69) is 78.9 Å². The van der Waals surface area contributed by atoms with Gasteiger partial charge >= 0.3 is 0 Å². The molecule has 0 saturated carbocycles. The van der Waals surface area contributed by atoms with Gasteiger partial charge in [0.2, 0.25) is 0 Å².